The van der Waals surface area contributed by atoms with Crippen molar-refractivity contribution in [1.82, 2.24) is 9.71 Å². The van der Waals surface area contributed by atoms with Crippen molar-refractivity contribution in [2.24, 2.45) is 0 Å². The van der Waals surface area contributed by atoms with Crippen molar-refractivity contribution in [3.63, 3.8) is 0 Å². The number of aryl methyl sites for hydroxylation is 1. The lowest BCUT2D eigenvalue weighted by atomic mass is 9.45. The molecule has 3 aliphatic carbocycles. The first kappa shape index (κ1) is 53.3. The highest BCUT2D eigenvalue weighted by molar-refractivity contribution is 6.58. The third-order valence-corrected chi connectivity index (χ3v) is 15.3. The van der Waals surface area contributed by atoms with E-state index in [1.54, 1.807) is 5.57 Å². The highest BCUT2D eigenvalue weighted by Gasteiger charge is 2.46. The minimum atomic E-state index is -0.188. The summed E-state index contributed by atoms with van der Waals surface area (Å²) in [6.07, 6.45) is 48.0. The number of hydrogen-bond acceptors (Lipinski definition) is 2. The van der Waals surface area contributed by atoms with E-state index >= 15 is 0 Å². The van der Waals surface area contributed by atoms with Crippen LogP contribution in [0.15, 0.2) is 227 Å². The van der Waals surface area contributed by atoms with Crippen molar-refractivity contribution >= 4 is 18.0 Å². The number of rotatable bonds is 19. The molecule has 1 aliphatic heterocycles. The fraction of sp³-hybridized carbons (Fsp3) is 0.343. The van der Waals surface area contributed by atoms with Gasteiger partial charge in [-0.05, 0) is 179 Å². The van der Waals surface area contributed by atoms with E-state index in [0.29, 0.717) is 0 Å². The minimum absolute atomic E-state index is 0.0959. The van der Waals surface area contributed by atoms with Crippen molar-refractivity contribution in [3.05, 3.63) is 249 Å². The molecule has 4 aliphatic rings. The molecule has 1 fully saturated rings. The Morgan fingerprint density at radius 2 is 1.66 bits per heavy atom. The van der Waals surface area contributed by atoms with Gasteiger partial charge in [0.1, 0.15) is 0 Å². The van der Waals surface area contributed by atoms with Gasteiger partial charge in [0, 0.05) is 16.7 Å². The Balaban J connectivity index is 1.64. The Morgan fingerprint density at radius 3 is 2.36 bits per heavy atom. The molecule has 364 valence electrons. The van der Waals surface area contributed by atoms with Gasteiger partial charge in [0.25, 0.3) is 6.85 Å². The van der Waals surface area contributed by atoms with Crippen molar-refractivity contribution in [3.8, 4) is 0 Å². The molecular weight excluding hydrogens is 844 g/mol. The van der Waals surface area contributed by atoms with Crippen molar-refractivity contribution < 1.29 is 0 Å². The molecule has 0 radical (unpaired) electrons. The maximum atomic E-state index is 4.12. The zero-order valence-electron chi connectivity index (χ0n) is 45.0. The van der Waals surface area contributed by atoms with E-state index in [2.05, 4.69) is 226 Å². The molecule has 0 bridgehead atoms. The minimum Gasteiger partial charge on any atom is -0.396 e. The van der Waals surface area contributed by atoms with Gasteiger partial charge in [-0.1, -0.05) is 198 Å². The summed E-state index contributed by atoms with van der Waals surface area (Å²) >= 11 is 0. The molecule has 2 nitrogen and oxygen atoms in total. The van der Waals surface area contributed by atoms with E-state index in [1.165, 1.54) is 109 Å². The van der Waals surface area contributed by atoms with Gasteiger partial charge < -0.3 is 9.71 Å². The molecule has 3 heteroatoms. The van der Waals surface area contributed by atoms with Gasteiger partial charge in [-0.3, -0.25) is 0 Å². The normalized spacial score (nSPS) is 20.2. The van der Waals surface area contributed by atoms with Gasteiger partial charge in [-0.2, -0.15) is 0 Å². The summed E-state index contributed by atoms with van der Waals surface area (Å²) in [6, 6.07) is 18.2. The second-order valence-electron chi connectivity index (χ2n) is 20.1. The quantitative estimate of drug-likeness (QED) is 0.102. The molecule has 0 amide bonds. The molecular formula is C67H83BN2. The van der Waals surface area contributed by atoms with Crippen LogP contribution in [0, 0.1) is 6.92 Å². The average molecular weight is 927 g/mol. The molecule has 0 saturated carbocycles. The molecule has 1 heterocycles. The van der Waals surface area contributed by atoms with Gasteiger partial charge in [0.2, 0.25) is 0 Å². The van der Waals surface area contributed by atoms with Gasteiger partial charge in [0.15, 0.2) is 0 Å². The van der Waals surface area contributed by atoms with Crippen LogP contribution in [-0.2, 0) is 5.41 Å². The van der Waals surface area contributed by atoms with Crippen LogP contribution in [0.25, 0.3) is 11.1 Å². The molecule has 1 saturated heterocycles. The van der Waals surface area contributed by atoms with Crippen LogP contribution in [0.4, 0.5) is 0 Å². The summed E-state index contributed by atoms with van der Waals surface area (Å²) in [5.74, 6) is 0.167. The van der Waals surface area contributed by atoms with E-state index in [1.807, 2.05) is 24.3 Å². The van der Waals surface area contributed by atoms with E-state index < -0.39 is 0 Å². The van der Waals surface area contributed by atoms with E-state index in [0.717, 1.165) is 45.2 Å². The number of allylic oxidation sites excluding steroid dienone is 28. The van der Waals surface area contributed by atoms with Gasteiger partial charge in [-0.25, -0.2) is 0 Å². The van der Waals surface area contributed by atoms with E-state index in [9.17, 15) is 0 Å². The molecule has 2 aromatic rings. The predicted molar refractivity (Wildman–Crippen MR) is 310 cm³/mol. The number of nitrogens with zero attached hydrogens (tertiary/aromatic N) is 2. The van der Waals surface area contributed by atoms with Crippen LogP contribution in [0.5, 0.6) is 0 Å². The first-order valence-electron chi connectivity index (χ1n) is 26.4. The van der Waals surface area contributed by atoms with Crippen molar-refractivity contribution in [2.75, 3.05) is 6.67 Å². The molecule has 1 unspecified atom stereocenters. The maximum Gasteiger partial charge on any atom is 0.261 e. The first-order valence-corrected chi connectivity index (χ1v) is 26.4. The van der Waals surface area contributed by atoms with Crippen molar-refractivity contribution in [2.45, 2.75) is 145 Å². The number of benzene rings is 2. The van der Waals surface area contributed by atoms with Crippen LogP contribution in [0.1, 0.15) is 142 Å². The lowest BCUT2D eigenvalue weighted by Gasteiger charge is -2.38. The topological polar surface area (TPSA) is 6.48 Å². The molecule has 0 spiro atoms. The lowest BCUT2D eigenvalue weighted by Crippen LogP contribution is -2.42. The van der Waals surface area contributed by atoms with Gasteiger partial charge >= 0.3 is 0 Å². The molecule has 2 aromatic carbocycles. The highest BCUT2D eigenvalue weighted by Crippen LogP contribution is 2.55. The SMILES string of the molecule is C=C/C=C\C=C/CC(=C/C=C)/C=C(/C)N1CN(B(C)C(C/C=C(C)\C(=C/C)C2=C(C)C=CCC2)C2=C(/C=C\C)c3ccccc3C2(C)C)C(=C(\C=CC2=C(CC)CCCC2)c2ccccc2C)/C1=C\C. The second-order valence-corrected chi connectivity index (χ2v) is 20.1. The molecule has 70 heavy (non-hydrogen) atoms. The fourth-order valence-electron chi connectivity index (χ4n) is 11.7. The first-order chi connectivity index (χ1) is 33.9. The third-order valence-electron chi connectivity index (χ3n) is 15.3. The number of hydrogen-bond donors (Lipinski definition) is 0. The monoisotopic (exact) mass is 927 g/mol. The summed E-state index contributed by atoms with van der Waals surface area (Å²) in [6.45, 7) is 34.4. The predicted octanol–water partition coefficient (Wildman–Crippen LogP) is 19.0. The highest BCUT2D eigenvalue weighted by atomic mass is 15.4. The van der Waals surface area contributed by atoms with Crippen LogP contribution in [-0.4, -0.2) is 23.2 Å². The summed E-state index contributed by atoms with van der Waals surface area (Å²) in [5, 5.41) is 0. The van der Waals surface area contributed by atoms with Crippen LogP contribution in [0.2, 0.25) is 12.6 Å². The van der Waals surface area contributed by atoms with Crippen LogP contribution in [0.3, 0.4) is 0 Å². The Morgan fingerprint density at radius 1 is 0.900 bits per heavy atom. The number of fused-ring (bicyclic) bond motifs is 1. The second kappa shape index (κ2) is 25.2. The van der Waals surface area contributed by atoms with Gasteiger partial charge in [0.05, 0.1) is 18.1 Å². The Bertz CT molecular complexity index is 2710. The fourth-order valence-corrected chi connectivity index (χ4v) is 11.7. The molecule has 0 aromatic heterocycles. The Hall–Kier alpha value is -6.06. The summed E-state index contributed by atoms with van der Waals surface area (Å²) in [4.78, 5) is 5.36. The largest absolute Gasteiger partial charge is 0.396 e. The zero-order chi connectivity index (χ0) is 50.4. The van der Waals surface area contributed by atoms with E-state index in [-0.39, 0.29) is 18.1 Å². The van der Waals surface area contributed by atoms with Crippen molar-refractivity contribution in [1.29, 1.82) is 0 Å². The summed E-state index contributed by atoms with van der Waals surface area (Å²) in [5.41, 5.74) is 23.0. The maximum absolute atomic E-state index is 4.12. The molecule has 6 rings (SSSR count). The standard InChI is InChI=1S/C67H83BN2/c1-14-20-21-22-23-36-53(32-15-2)47-52(10)69-48-70(66(64(69)19-6)61(58-40-29-25-35-50(58)8)45-44-55-38-27-26-37-54(55)17-4)68(13)63(46-43-51(9)56(18-5)57-39-28-24-34-49(57)7)65-60(33-16-3)59-41-30-31-42-62(59)67(65,11)12/h14-16,18-25,29-35,40-45,47,63H,1-2,17,26-28,36-39,46,48H2,3-13H3/b21-20-,23-22-,33-16-,45-44?,51-43-,52-47-,53-32-,56-18+,64-19+,66-61+. The zero-order valence-corrected chi connectivity index (χ0v) is 45.0. The average Bonchev–Trinajstić information content (AvgIpc) is 3.85. The third kappa shape index (κ3) is 11.9. The Labute approximate surface area is 426 Å². The molecule has 1 atom stereocenters. The van der Waals surface area contributed by atoms with Gasteiger partial charge in [-0.15, -0.1) is 0 Å². The molecule has 0 N–H and O–H groups in total. The smallest absolute Gasteiger partial charge is 0.261 e. The lowest BCUT2D eigenvalue weighted by molar-refractivity contribution is 0.399. The summed E-state index contributed by atoms with van der Waals surface area (Å²) in [7, 11) is 0. The summed E-state index contributed by atoms with van der Waals surface area (Å²) < 4.78 is 0. The van der Waals surface area contributed by atoms with Crippen LogP contribution >= 0.6 is 0 Å². The van der Waals surface area contributed by atoms with E-state index in [4.69, 9.17) is 0 Å². The van der Waals surface area contributed by atoms with Crippen LogP contribution < -0.4 is 0 Å². The Kier molecular flexibility index (Phi) is 19.2.